The van der Waals surface area contributed by atoms with Crippen LogP contribution in [0.3, 0.4) is 0 Å². The van der Waals surface area contributed by atoms with E-state index in [-0.39, 0.29) is 0 Å². The second kappa shape index (κ2) is 8.26. The summed E-state index contributed by atoms with van der Waals surface area (Å²) >= 11 is 12.5. The molecule has 1 saturated heterocycles. The molecule has 0 amide bonds. The van der Waals surface area contributed by atoms with Crippen LogP contribution < -0.4 is 11.1 Å². The van der Waals surface area contributed by atoms with Gasteiger partial charge in [0.25, 0.3) is 0 Å². The molecule has 5 rings (SSSR count). The van der Waals surface area contributed by atoms with E-state index < -0.39 is 0 Å². The average Bonchev–Trinajstić information content (AvgIpc) is 3.47. The van der Waals surface area contributed by atoms with Gasteiger partial charge in [0.2, 0.25) is 0 Å². The Morgan fingerprint density at radius 1 is 1.06 bits per heavy atom. The van der Waals surface area contributed by atoms with Crippen LogP contribution >= 0.6 is 23.2 Å². The Morgan fingerprint density at radius 2 is 1.90 bits per heavy atom. The zero-order chi connectivity index (χ0) is 21.4. The number of pyridine rings is 1. The van der Waals surface area contributed by atoms with Gasteiger partial charge >= 0.3 is 0 Å². The lowest BCUT2D eigenvalue weighted by atomic mass is 10.1. The number of piperidine rings is 1. The number of nitrogens with zero attached hydrogens (tertiary/aromatic N) is 7. The number of nitrogens with one attached hydrogen (secondary N) is 1. The molecule has 3 aromatic heterocycles. The minimum Gasteiger partial charge on any atom is -0.383 e. The first-order valence-electron chi connectivity index (χ1n) is 9.85. The van der Waals surface area contributed by atoms with Crippen LogP contribution in [0.15, 0.2) is 42.9 Å². The number of benzene rings is 1. The predicted molar refractivity (Wildman–Crippen MR) is 119 cm³/mol. The van der Waals surface area contributed by atoms with E-state index >= 15 is 0 Å². The topological polar surface area (TPSA) is 112 Å². The standard InChI is InChI=1S/C20H19Cl2N9/c21-14-1-2-17(22)18(8-14)31-20(27-28-29-31)16-7-12(9-25-19(16)23)13-10-26-30(11-13)15-3-5-24-6-4-15/h1-2,7-11,15,24H,3-6H2,(H2,23,25). The number of nitrogen functional groups attached to an aromatic ring is 1. The molecule has 11 heteroatoms. The van der Waals surface area contributed by atoms with Crippen LogP contribution in [0.1, 0.15) is 18.9 Å². The molecule has 1 fully saturated rings. The fraction of sp³-hybridized carbons (Fsp3) is 0.250. The van der Waals surface area contributed by atoms with Crippen LogP contribution in [-0.2, 0) is 0 Å². The number of tetrazole rings is 1. The first-order chi connectivity index (χ1) is 15.1. The summed E-state index contributed by atoms with van der Waals surface area (Å²) in [5, 5.41) is 21.0. The lowest BCUT2D eigenvalue weighted by Crippen LogP contribution is -2.29. The molecule has 0 aliphatic carbocycles. The minimum absolute atomic E-state index is 0.309. The van der Waals surface area contributed by atoms with Crippen LogP contribution in [0.2, 0.25) is 10.0 Å². The molecule has 0 atom stereocenters. The van der Waals surface area contributed by atoms with Gasteiger partial charge in [0.15, 0.2) is 5.82 Å². The first kappa shape index (κ1) is 19.9. The van der Waals surface area contributed by atoms with Crippen LogP contribution in [0, 0.1) is 0 Å². The summed E-state index contributed by atoms with van der Waals surface area (Å²) in [6, 6.07) is 7.40. The highest BCUT2D eigenvalue weighted by Gasteiger charge is 2.19. The normalized spacial score (nSPS) is 14.8. The Kier molecular flexibility index (Phi) is 5.31. The number of rotatable bonds is 4. The summed E-state index contributed by atoms with van der Waals surface area (Å²) in [4.78, 5) is 4.37. The molecule has 0 radical (unpaired) electrons. The summed E-state index contributed by atoms with van der Waals surface area (Å²) in [5.74, 6) is 0.727. The van der Waals surface area contributed by atoms with Gasteiger partial charge in [0, 0.05) is 28.5 Å². The Balaban J connectivity index is 1.53. The smallest absolute Gasteiger partial charge is 0.190 e. The van der Waals surface area contributed by atoms with E-state index in [1.165, 1.54) is 4.68 Å². The van der Waals surface area contributed by atoms with Gasteiger partial charge in [-0.3, -0.25) is 4.68 Å². The molecule has 0 spiro atoms. The second-order valence-electron chi connectivity index (χ2n) is 7.36. The Bertz CT molecular complexity index is 1230. The number of halogens is 2. The fourth-order valence-electron chi connectivity index (χ4n) is 3.74. The molecule has 9 nitrogen and oxygen atoms in total. The lowest BCUT2D eigenvalue weighted by Gasteiger charge is -2.22. The van der Waals surface area contributed by atoms with Crippen molar-refractivity contribution in [1.82, 2.24) is 40.3 Å². The van der Waals surface area contributed by atoms with Gasteiger partial charge in [-0.15, -0.1) is 5.10 Å². The van der Waals surface area contributed by atoms with E-state index in [1.807, 2.05) is 23.1 Å². The summed E-state index contributed by atoms with van der Waals surface area (Å²) in [6.07, 6.45) is 7.73. The first-order valence-corrected chi connectivity index (χ1v) is 10.6. The van der Waals surface area contributed by atoms with E-state index in [4.69, 9.17) is 28.9 Å². The largest absolute Gasteiger partial charge is 0.383 e. The molecule has 1 aliphatic heterocycles. The van der Waals surface area contributed by atoms with Crippen LogP contribution in [-0.4, -0.2) is 48.1 Å². The van der Waals surface area contributed by atoms with Gasteiger partial charge in [-0.25, -0.2) is 4.98 Å². The monoisotopic (exact) mass is 455 g/mol. The van der Waals surface area contributed by atoms with Crippen molar-refractivity contribution >= 4 is 29.0 Å². The zero-order valence-electron chi connectivity index (χ0n) is 16.4. The van der Waals surface area contributed by atoms with E-state index in [2.05, 4.69) is 30.9 Å². The third-order valence-electron chi connectivity index (χ3n) is 5.38. The van der Waals surface area contributed by atoms with Crippen molar-refractivity contribution in [1.29, 1.82) is 0 Å². The van der Waals surface area contributed by atoms with Crippen molar-refractivity contribution in [2.24, 2.45) is 0 Å². The maximum Gasteiger partial charge on any atom is 0.190 e. The third kappa shape index (κ3) is 3.87. The summed E-state index contributed by atoms with van der Waals surface area (Å²) < 4.78 is 3.53. The van der Waals surface area contributed by atoms with Crippen molar-refractivity contribution in [3.8, 4) is 28.2 Å². The van der Waals surface area contributed by atoms with Crippen LogP contribution in [0.25, 0.3) is 28.2 Å². The second-order valence-corrected chi connectivity index (χ2v) is 8.20. The van der Waals surface area contributed by atoms with E-state index in [9.17, 15) is 0 Å². The third-order valence-corrected chi connectivity index (χ3v) is 5.94. The molecule has 158 valence electrons. The maximum absolute atomic E-state index is 6.35. The number of hydrogen-bond donors (Lipinski definition) is 2. The Hall–Kier alpha value is -3.01. The number of anilines is 1. The van der Waals surface area contributed by atoms with Gasteiger partial charge in [-0.1, -0.05) is 23.2 Å². The molecular formula is C20H19Cl2N9. The minimum atomic E-state index is 0.309. The Morgan fingerprint density at radius 3 is 2.74 bits per heavy atom. The van der Waals surface area contributed by atoms with E-state index in [1.54, 1.807) is 24.4 Å². The van der Waals surface area contributed by atoms with Gasteiger partial charge in [-0.05, 0) is 60.6 Å². The predicted octanol–water partition coefficient (Wildman–Crippen LogP) is 3.40. The molecule has 3 N–H and O–H groups in total. The van der Waals surface area contributed by atoms with Gasteiger partial charge < -0.3 is 11.1 Å². The SMILES string of the molecule is Nc1ncc(-c2cnn(C3CCNCC3)c2)cc1-c1nnnn1-c1cc(Cl)ccc1Cl. The quantitative estimate of drug-likeness (QED) is 0.484. The van der Waals surface area contributed by atoms with Crippen molar-refractivity contribution < 1.29 is 0 Å². The van der Waals surface area contributed by atoms with E-state index in [0.29, 0.717) is 39.0 Å². The number of hydrogen-bond acceptors (Lipinski definition) is 7. The van der Waals surface area contributed by atoms with Crippen molar-refractivity contribution in [2.45, 2.75) is 18.9 Å². The average molecular weight is 456 g/mol. The van der Waals surface area contributed by atoms with Crippen molar-refractivity contribution in [3.63, 3.8) is 0 Å². The maximum atomic E-state index is 6.35. The highest BCUT2D eigenvalue weighted by atomic mass is 35.5. The zero-order valence-corrected chi connectivity index (χ0v) is 17.9. The molecule has 0 bridgehead atoms. The lowest BCUT2D eigenvalue weighted by molar-refractivity contribution is 0.343. The highest BCUT2D eigenvalue weighted by molar-refractivity contribution is 6.34. The van der Waals surface area contributed by atoms with Gasteiger partial charge in [-0.2, -0.15) is 9.78 Å². The molecule has 4 aromatic rings. The number of nitrogens with two attached hydrogens (primary N) is 1. The summed E-state index contributed by atoms with van der Waals surface area (Å²) in [5.41, 5.74) is 9.16. The molecular weight excluding hydrogens is 437 g/mol. The van der Waals surface area contributed by atoms with E-state index in [0.717, 1.165) is 37.1 Å². The van der Waals surface area contributed by atoms with Crippen LogP contribution in [0.5, 0.6) is 0 Å². The highest BCUT2D eigenvalue weighted by Crippen LogP contribution is 2.32. The number of aromatic nitrogens is 7. The molecule has 31 heavy (non-hydrogen) atoms. The molecule has 1 aromatic carbocycles. The molecule has 4 heterocycles. The summed E-state index contributed by atoms with van der Waals surface area (Å²) in [7, 11) is 0. The molecule has 0 saturated carbocycles. The molecule has 0 unspecified atom stereocenters. The van der Waals surface area contributed by atoms with Crippen LogP contribution in [0.4, 0.5) is 5.82 Å². The Labute approximate surface area is 188 Å². The van der Waals surface area contributed by atoms with Gasteiger partial charge in [0.1, 0.15) is 5.82 Å². The molecule has 1 aliphatic rings. The van der Waals surface area contributed by atoms with Gasteiger partial charge in [0.05, 0.1) is 28.5 Å². The van der Waals surface area contributed by atoms with Crippen molar-refractivity contribution in [2.75, 3.05) is 18.8 Å². The fourth-order valence-corrected chi connectivity index (χ4v) is 4.10. The summed E-state index contributed by atoms with van der Waals surface area (Å²) in [6.45, 7) is 2.00. The van der Waals surface area contributed by atoms with Crippen molar-refractivity contribution in [3.05, 3.63) is 52.9 Å².